The summed E-state index contributed by atoms with van der Waals surface area (Å²) in [6.45, 7) is -0.140. The van der Waals surface area contributed by atoms with E-state index < -0.39 is 0 Å². The fourth-order valence-electron chi connectivity index (χ4n) is 1.57. The van der Waals surface area contributed by atoms with Crippen molar-refractivity contribution in [3.8, 4) is 11.5 Å². The van der Waals surface area contributed by atoms with Crippen LogP contribution >= 0.6 is 11.6 Å². The van der Waals surface area contributed by atoms with Gasteiger partial charge in [0.1, 0.15) is 5.75 Å². The Hall–Kier alpha value is -1.55. The van der Waals surface area contributed by atoms with Crippen LogP contribution in [0.3, 0.4) is 0 Å². The maximum atomic E-state index is 9.23. The first-order chi connectivity index (χ1) is 8.74. The third kappa shape index (κ3) is 2.82. The predicted octanol–water partition coefficient (Wildman–Crippen LogP) is 3.12. The third-order valence-corrected chi connectivity index (χ3v) is 2.84. The second-order valence-electron chi connectivity index (χ2n) is 3.79. The maximum Gasteiger partial charge on any atom is 0.151 e. The Morgan fingerprint density at radius 2 is 1.67 bits per heavy atom. The minimum Gasteiger partial charge on any atom is -0.455 e. The van der Waals surface area contributed by atoms with Crippen molar-refractivity contribution in [2.45, 2.75) is 13.2 Å². The molecule has 0 aromatic heterocycles. The van der Waals surface area contributed by atoms with E-state index in [0.29, 0.717) is 22.1 Å². The Labute approximate surface area is 110 Å². The van der Waals surface area contributed by atoms with Crippen LogP contribution in [0.25, 0.3) is 0 Å². The van der Waals surface area contributed by atoms with E-state index >= 15 is 0 Å². The lowest BCUT2D eigenvalue weighted by Crippen LogP contribution is -1.93. The van der Waals surface area contributed by atoms with Crippen LogP contribution in [-0.4, -0.2) is 10.2 Å². The number of para-hydroxylation sites is 1. The molecular formula is C14H13ClO3. The number of rotatable bonds is 4. The van der Waals surface area contributed by atoms with E-state index in [0.717, 1.165) is 5.56 Å². The summed E-state index contributed by atoms with van der Waals surface area (Å²) in [6.07, 6.45) is 0. The Kier molecular flexibility index (Phi) is 4.20. The van der Waals surface area contributed by atoms with E-state index in [-0.39, 0.29) is 13.2 Å². The van der Waals surface area contributed by atoms with Gasteiger partial charge < -0.3 is 14.9 Å². The van der Waals surface area contributed by atoms with Gasteiger partial charge in [-0.05, 0) is 23.8 Å². The van der Waals surface area contributed by atoms with Crippen molar-refractivity contribution in [1.82, 2.24) is 0 Å². The van der Waals surface area contributed by atoms with Gasteiger partial charge in [-0.2, -0.15) is 0 Å². The van der Waals surface area contributed by atoms with E-state index in [9.17, 15) is 5.11 Å². The molecule has 0 heterocycles. The van der Waals surface area contributed by atoms with Crippen molar-refractivity contribution >= 4 is 11.6 Å². The normalized spacial score (nSPS) is 10.4. The first kappa shape index (κ1) is 12.9. The first-order valence-corrected chi connectivity index (χ1v) is 5.88. The van der Waals surface area contributed by atoms with Crippen LogP contribution in [0.1, 0.15) is 11.1 Å². The molecule has 0 spiro atoms. The van der Waals surface area contributed by atoms with Crippen molar-refractivity contribution < 1.29 is 14.9 Å². The standard InChI is InChI=1S/C14H13ClO3/c15-13-3-1-2-11(9-17)14(13)18-12-6-4-10(8-16)5-7-12/h1-7,16-17H,8-9H2. The molecule has 0 fully saturated rings. The predicted molar refractivity (Wildman–Crippen MR) is 69.8 cm³/mol. The zero-order chi connectivity index (χ0) is 13.0. The molecule has 94 valence electrons. The monoisotopic (exact) mass is 264 g/mol. The van der Waals surface area contributed by atoms with Gasteiger partial charge in [0.15, 0.2) is 5.75 Å². The number of benzene rings is 2. The number of hydrogen-bond donors (Lipinski definition) is 2. The molecule has 3 nitrogen and oxygen atoms in total. The van der Waals surface area contributed by atoms with Gasteiger partial charge >= 0.3 is 0 Å². The molecule has 0 atom stereocenters. The second-order valence-corrected chi connectivity index (χ2v) is 4.20. The van der Waals surface area contributed by atoms with Crippen LogP contribution in [0.2, 0.25) is 5.02 Å². The molecule has 2 rings (SSSR count). The summed E-state index contributed by atoms with van der Waals surface area (Å²) in [4.78, 5) is 0. The molecule has 0 radical (unpaired) electrons. The van der Waals surface area contributed by atoms with E-state index in [2.05, 4.69) is 0 Å². The fourth-order valence-corrected chi connectivity index (χ4v) is 1.81. The van der Waals surface area contributed by atoms with Crippen LogP contribution in [0.15, 0.2) is 42.5 Å². The molecule has 0 unspecified atom stereocenters. The summed E-state index contributed by atoms with van der Waals surface area (Å²) in [6, 6.07) is 12.2. The first-order valence-electron chi connectivity index (χ1n) is 5.50. The van der Waals surface area contributed by atoms with Crippen LogP contribution < -0.4 is 4.74 Å². The van der Waals surface area contributed by atoms with Gasteiger partial charge in [-0.15, -0.1) is 0 Å². The summed E-state index contributed by atoms with van der Waals surface area (Å²) >= 11 is 6.04. The van der Waals surface area contributed by atoms with Gasteiger partial charge in [0.25, 0.3) is 0 Å². The molecular weight excluding hydrogens is 252 g/mol. The summed E-state index contributed by atoms with van der Waals surface area (Å²) < 4.78 is 5.66. The van der Waals surface area contributed by atoms with E-state index in [4.69, 9.17) is 21.4 Å². The SMILES string of the molecule is OCc1ccc(Oc2c(Cl)cccc2CO)cc1. The quantitative estimate of drug-likeness (QED) is 0.892. The van der Waals surface area contributed by atoms with Crippen molar-refractivity contribution in [2.24, 2.45) is 0 Å². The zero-order valence-corrected chi connectivity index (χ0v) is 10.4. The number of aliphatic hydroxyl groups excluding tert-OH is 2. The van der Waals surface area contributed by atoms with Gasteiger partial charge in [0.05, 0.1) is 18.2 Å². The average molecular weight is 265 g/mol. The molecule has 0 saturated carbocycles. The Bertz CT molecular complexity index is 523. The average Bonchev–Trinajstić information content (AvgIpc) is 2.42. The van der Waals surface area contributed by atoms with Crippen molar-refractivity contribution in [3.05, 3.63) is 58.6 Å². The molecule has 2 aromatic rings. The van der Waals surface area contributed by atoms with Crippen molar-refractivity contribution in [1.29, 1.82) is 0 Å². The van der Waals surface area contributed by atoms with Gasteiger partial charge in [-0.1, -0.05) is 35.9 Å². The number of hydrogen-bond acceptors (Lipinski definition) is 3. The lowest BCUT2D eigenvalue weighted by atomic mass is 10.2. The highest BCUT2D eigenvalue weighted by molar-refractivity contribution is 6.32. The van der Waals surface area contributed by atoms with E-state index in [1.165, 1.54) is 0 Å². The lowest BCUT2D eigenvalue weighted by Gasteiger charge is -2.11. The fraction of sp³-hybridized carbons (Fsp3) is 0.143. The molecule has 4 heteroatoms. The molecule has 0 aliphatic heterocycles. The maximum absolute atomic E-state index is 9.23. The molecule has 2 N–H and O–H groups in total. The largest absolute Gasteiger partial charge is 0.455 e. The van der Waals surface area contributed by atoms with Gasteiger partial charge in [0.2, 0.25) is 0 Å². The number of aliphatic hydroxyl groups is 2. The minimum atomic E-state index is -0.134. The third-order valence-electron chi connectivity index (χ3n) is 2.54. The number of ether oxygens (including phenoxy) is 1. The van der Waals surface area contributed by atoms with Crippen molar-refractivity contribution in [2.75, 3.05) is 0 Å². The highest BCUT2D eigenvalue weighted by atomic mass is 35.5. The van der Waals surface area contributed by atoms with E-state index in [1.807, 2.05) is 0 Å². The summed E-state index contributed by atoms with van der Waals surface area (Å²) in [7, 11) is 0. The minimum absolute atomic E-state index is 0.00569. The van der Waals surface area contributed by atoms with Gasteiger partial charge in [-0.3, -0.25) is 0 Å². The molecule has 0 bridgehead atoms. The van der Waals surface area contributed by atoms with Crippen LogP contribution in [-0.2, 0) is 13.2 Å². The molecule has 0 aliphatic carbocycles. The Morgan fingerprint density at radius 1 is 0.944 bits per heavy atom. The highest BCUT2D eigenvalue weighted by Gasteiger charge is 2.08. The van der Waals surface area contributed by atoms with Crippen LogP contribution in [0, 0.1) is 0 Å². The lowest BCUT2D eigenvalue weighted by molar-refractivity contribution is 0.276. The Balaban J connectivity index is 2.27. The second kappa shape index (κ2) is 5.87. The zero-order valence-electron chi connectivity index (χ0n) is 9.64. The molecule has 2 aromatic carbocycles. The highest BCUT2D eigenvalue weighted by Crippen LogP contribution is 2.33. The molecule has 0 amide bonds. The van der Waals surface area contributed by atoms with Crippen LogP contribution in [0.5, 0.6) is 11.5 Å². The topological polar surface area (TPSA) is 49.7 Å². The Morgan fingerprint density at radius 3 is 2.28 bits per heavy atom. The number of halogens is 1. The van der Waals surface area contributed by atoms with Gasteiger partial charge in [0, 0.05) is 5.56 Å². The van der Waals surface area contributed by atoms with E-state index in [1.54, 1.807) is 42.5 Å². The summed E-state index contributed by atoms with van der Waals surface area (Å²) in [5, 5.41) is 18.6. The molecule has 18 heavy (non-hydrogen) atoms. The smallest absolute Gasteiger partial charge is 0.151 e. The van der Waals surface area contributed by atoms with Crippen molar-refractivity contribution in [3.63, 3.8) is 0 Å². The summed E-state index contributed by atoms with van der Waals surface area (Å²) in [5.41, 5.74) is 1.44. The van der Waals surface area contributed by atoms with Crippen LogP contribution in [0.4, 0.5) is 0 Å². The molecule has 0 saturated heterocycles. The van der Waals surface area contributed by atoms with Gasteiger partial charge in [-0.25, -0.2) is 0 Å². The molecule has 0 aliphatic rings. The summed E-state index contributed by atoms with van der Waals surface area (Å²) in [5.74, 6) is 1.06.